The van der Waals surface area contributed by atoms with E-state index < -0.39 is 60.5 Å². The Balaban J connectivity index is 3.12. The van der Waals surface area contributed by atoms with Crippen molar-refractivity contribution in [2.24, 2.45) is 28.1 Å². The third kappa shape index (κ3) is 9.26. The Morgan fingerprint density at radius 1 is 1.18 bits per heavy atom. The first-order valence-corrected chi connectivity index (χ1v) is 11.0. The lowest BCUT2D eigenvalue weighted by atomic mass is 9.83. The number of carboxylic acid groups (broad SMARTS) is 1. The number of amides is 1. The van der Waals surface area contributed by atoms with Crippen LogP contribution in [0.3, 0.4) is 0 Å². The molecule has 1 aliphatic rings. The van der Waals surface area contributed by atoms with Crippen molar-refractivity contribution >= 4 is 23.8 Å². The normalized spacial score (nSPS) is 21.8. The summed E-state index contributed by atoms with van der Waals surface area (Å²) in [4.78, 5) is 39.7. The molecule has 0 saturated heterocycles. The Morgan fingerprint density at radius 3 is 2.36 bits per heavy atom. The number of aliphatic hydroxyl groups excluding tert-OH is 1. The SMILES string of the molecule is CCCCCCCC(=O)O[C@H](CO)[C@H](OC)[C@@H]1OC(C(=O)O)=C[C@@H](N=C(N)N)[C@H]1CC(N)=O. The highest BCUT2D eigenvalue weighted by molar-refractivity contribution is 5.85. The number of aliphatic imine (C=N–C) groups is 1. The highest BCUT2D eigenvalue weighted by Gasteiger charge is 2.46. The highest BCUT2D eigenvalue weighted by Crippen LogP contribution is 2.33. The summed E-state index contributed by atoms with van der Waals surface area (Å²) in [6.07, 6.45) is 2.23. The van der Waals surface area contributed by atoms with Gasteiger partial charge >= 0.3 is 11.9 Å². The van der Waals surface area contributed by atoms with Crippen LogP contribution >= 0.6 is 0 Å². The molecular weight excluding hydrogens is 436 g/mol. The number of unbranched alkanes of at least 4 members (excludes halogenated alkanes) is 4. The fraction of sp³-hybridized carbons (Fsp3) is 0.714. The Bertz CT molecular complexity index is 723. The first-order valence-electron chi connectivity index (χ1n) is 11.0. The average molecular weight is 473 g/mol. The van der Waals surface area contributed by atoms with Crippen LogP contribution in [0.1, 0.15) is 51.9 Å². The third-order valence-corrected chi connectivity index (χ3v) is 5.30. The largest absolute Gasteiger partial charge is 0.480 e. The van der Waals surface area contributed by atoms with Gasteiger partial charge in [-0.2, -0.15) is 0 Å². The number of carbonyl (C=O) groups is 3. The summed E-state index contributed by atoms with van der Waals surface area (Å²) in [6.45, 7) is 1.47. The smallest absolute Gasteiger partial charge is 0.370 e. The summed E-state index contributed by atoms with van der Waals surface area (Å²) < 4.78 is 16.5. The number of carbonyl (C=O) groups excluding carboxylic acids is 2. The van der Waals surface area contributed by atoms with E-state index >= 15 is 0 Å². The van der Waals surface area contributed by atoms with Gasteiger partial charge < -0.3 is 41.6 Å². The molecule has 0 aromatic carbocycles. The number of nitrogens with two attached hydrogens (primary N) is 3. The molecule has 0 bridgehead atoms. The molecule has 1 heterocycles. The lowest BCUT2D eigenvalue weighted by molar-refractivity contribution is -0.176. The number of aliphatic carboxylic acids is 1. The summed E-state index contributed by atoms with van der Waals surface area (Å²) in [5, 5.41) is 19.4. The lowest BCUT2D eigenvalue weighted by Crippen LogP contribution is -2.53. The summed E-state index contributed by atoms with van der Waals surface area (Å²) in [7, 11) is 1.28. The highest BCUT2D eigenvalue weighted by atomic mass is 16.6. The van der Waals surface area contributed by atoms with Gasteiger partial charge in [-0.05, 0) is 12.5 Å². The number of nitrogens with zero attached hydrogens (tertiary/aromatic N) is 1. The van der Waals surface area contributed by atoms with E-state index in [0.717, 1.165) is 31.8 Å². The molecular formula is C21H36N4O8. The minimum atomic E-state index is -1.40. The van der Waals surface area contributed by atoms with E-state index in [2.05, 4.69) is 11.9 Å². The molecule has 188 valence electrons. The molecule has 1 amide bonds. The van der Waals surface area contributed by atoms with Crippen molar-refractivity contribution in [2.45, 2.75) is 76.2 Å². The van der Waals surface area contributed by atoms with Crippen molar-refractivity contribution < 1.29 is 38.8 Å². The van der Waals surface area contributed by atoms with E-state index in [1.165, 1.54) is 7.11 Å². The van der Waals surface area contributed by atoms with Crippen LogP contribution in [0, 0.1) is 5.92 Å². The molecule has 0 aromatic heterocycles. The number of guanidine groups is 1. The molecule has 8 N–H and O–H groups in total. The number of methoxy groups -OCH3 is 1. The van der Waals surface area contributed by atoms with Gasteiger partial charge in [0.2, 0.25) is 11.7 Å². The zero-order valence-corrected chi connectivity index (χ0v) is 19.1. The maximum absolute atomic E-state index is 12.3. The Hall–Kier alpha value is -2.86. The number of ether oxygens (including phenoxy) is 3. The molecule has 33 heavy (non-hydrogen) atoms. The molecule has 12 nitrogen and oxygen atoms in total. The van der Waals surface area contributed by atoms with Gasteiger partial charge in [-0.15, -0.1) is 0 Å². The van der Waals surface area contributed by atoms with E-state index in [4.69, 9.17) is 31.4 Å². The summed E-state index contributed by atoms with van der Waals surface area (Å²) >= 11 is 0. The number of rotatable bonds is 15. The minimum Gasteiger partial charge on any atom is -0.480 e. The van der Waals surface area contributed by atoms with Crippen LogP contribution in [0.15, 0.2) is 16.8 Å². The predicted molar refractivity (Wildman–Crippen MR) is 119 cm³/mol. The molecule has 0 aliphatic carbocycles. The molecule has 0 fully saturated rings. The van der Waals surface area contributed by atoms with Crippen molar-refractivity contribution in [1.82, 2.24) is 0 Å². The second-order valence-corrected chi connectivity index (χ2v) is 7.87. The standard InChI is InChI=1S/C21H36N4O8/c1-3-4-5-6-7-8-17(28)32-15(11-26)19(31-2)18-12(9-16(22)27)13(25-21(23)24)10-14(33-18)20(29)30/h10,12-13,15,18-19,26H,3-9,11H2,1-2H3,(H2,22,27)(H,29,30)(H4,23,24,25)/t12-,13-,15-,18-,19+/m1/s1. The monoisotopic (exact) mass is 472 g/mol. The third-order valence-electron chi connectivity index (χ3n) is 5.30. The molecule has 0 radical (unpaired) electrons. The second kappa shape index (κ2) is 14.3. The molecule has 1 aliphatic heterocycles. The molecule has 0 spiro atoms. The molecule has 1 rings (SSSR count). The summed E-state index contributed by atoms with van der Waals surface area (Å²) in [5.41, 5.74) is 16.3. The van der Waals surface area contributed by atoms with Crippen LogP contribution in [-0.4, -0.2) is 72.1 Å². The fourth-order valence-electron chi connectivity index (χ4n) is 3.76. The average Bonchev–Trinajstić information content (AvgIpc) is 2.74. The van der Waals surface area contributed by atoms with Crippen LogP contribution in [0.4, 0.5) is 0 Å². The Morgan fingerprint density at radius 2 is 1.85 bits per heavy atom. The van der Waals surface area contributed by atoms with E-state index in [-0.39, 0.29) is 18.8 Å². The van der Waals surface area contributed by atoms with Crippen LogP contribution in [0.25, 0.3) is 0 Å². The van der Waals surface area contributed by atoms with E-state index in [9.17, 15) is 24.6 Å². The first-order chi connectivity index (χ1) is 15.6. The second-order valence-electron chi connectivity index (χ2n) is 7.87. The first kappa shape index (κ1) is 28.2. The van der Waals surface area contributed by atoms with E-state index in [1.54, 1.807) is 0 Å². The number of esters is 1. The maximum Gasteiger partial charge on any atom is 0.370 e. The van der Waals surface area contributed by atoms with Gasteiger partial charge in [0.05, 0.1) is 12.6 Å². The van der Waals surface area contributed by atoms with Gasteiger partial charge in [0.1, 0.15) is 12.2 Å². The zero-order chi connectivity index (χ0) is 25.0. The summed E-state index contributed by atoms with van der Waals surface area (Å²) in [6, 6.07) is -0.974. The molecule has 0 aromatic rings. The fourth-order valence-corrected chi connectivity index (χ4v) is 3.76. The van der Waals surface area contributed by atoms with Gasteiger partial charge in [-0.25, -0.2) is 9.79 Å². The van der Waals surface area contributed by atoms with Crippen LogP contribution in [0.2, 0.25) is 0 Å². The lowest BCUT2D eigenvalue weighted by Gasteiger charge is -2.40. The topological polar surface area (TPSA) is 210 Å². The van der Waals surface area contributed by atoms with Gasteiger partial charge in [0, 0.05) is 25.9 Å². The quantitative estimate of drug-likeness (QED) is 0.0914. The van der Waals surface area contributed by atoms with Crippen LogP contribution < -0.4 is 17.2 Å². The van der Waals surface area contributed by atoms with Gasteiger partial charge in [-0.3, -0.25) is 9.59 Å². The molecule has 12 heteroatoms. The van der Waals surface area contributed by atoms with Crippen molar-refractivity contribution in [3.05, 3.63) is 11.8 Å². The predicted octanol–water partition coefficient (Wildman–Crippen LogP) is -0.233. The van der Waals surface area contributed by atoms with Crippen molar-refractivity contribution in [1.29, 1.82) is 0 Å². The van der Waals surface area contributed by atoms with Crippen molar-refractivity contribution in [3.8, 4) is 0 Å². The van der Waals surface area contributed by atoms with Crippen LogP contribution in [-0.2, 0) is 28.6 Å². The summed E-state index contributed by atoms with van der Waals surface area (Å²) in [5.74, 6) is -4.30. The van der Waals surface area contributed by atoms with Gasteiger partial charge in [-0.1, -0.05) is 32.6 Å². The number of hydrogen-bond donors (Lipinski definition) is 5. The van der Waals surface area contributed by atoms with Crippen molar-refractivity contribution in [3.63, 3.8) is 0 Å². The zero-order valence-electron chi connectivity index (χ0n) is 19.1. The van der Waals surface area contributed by atoms with E-state index in [1.807, 2.05) is 0 Å². The van der Waals surface area contributed by atoms with Gasteiger partial charge in [0.25, 0.3) is 0 Å². The minimum absolute atomic E-state index is 0.157. The maximum atomic E-state index is 12.3. The molecule has 5 atom stereocenters. The number of aliphatic hydroxyl groups is 1. The van der Waals surface area contributed by atoms with Crippen LogP contribution in [0.5, 0.6) is 0 Å². The molecule has 0 unspecified atom stereocenters. The Labute approximate surface area is 193 Å². The number of hydrogen-bond acceptors (Lipinski definition) is 8. The number of primary amides is 1. The van der Waals surface area contributed by atoms with E-state index in [0.29, 0.717) is 6.42 Å². The number of carboxylic acids is 1. The molecule has 0 saturated carbocycles. The Kier molecular flexibility index (Phi) is 12.2. The van der Waals surface area contributed by atoms with Crippen molar-refractivity contribution in [2.75, 3.05) is 13.7 Å². The van der Waals surface area contributed by atoms with Gasteiger partial charge in [0.15, 0.2) is 12.1 Å².